The Morgan fingerprint density at radius 2 is 1.91 bits per heavy atom. The summed E-state index contributed by atoms with van der Waals surface area (Å²) in [5.74, 6) is -0.673. The first-order valence-corrected chi connectivity index (χ1v) is 10.4. The highest BCUT2D eigenvalue weighted by atomic mass is 35.5. The van der Waals surface area contributed by atoms with Gasteiger partial charge in [0.05, 0.1) is 12.6 Å². The van der Waals surface area contributed by atoms with Crippen molar-refractivity contribution in [3.05, 3.63) is 103 Å². The Morgan fingerprint density at radius 3 is 2.61 bits per heavy atom. The van der Waals surface area contributed by atoms with Gasteiger partial charge < -0.3 is 21.8 Å². The zero-order valence-corrected chi connectivity index (χ0v) is 18.5. The van der Waals surface area contributed by atoms with E-state index in [2.05, 4.69) is 15.3 Å². The Bertz CT molecular complexity index is 1330. The van der Waals surface area contributed by atoms with Crippen LogP contribution in [0.2, 0.25) is 5.02 Å². The van der Waals surface area contributed by atoms with Gasteiger partial charge in [-0.15, -0.1) is 0 Å². The lowest BCUT2D eigenvalue weighted by Crippen LogP contribution is -2.34. The molecular weight excluding hydrogens is 444 g/mol. The highest BCUT2D eigenvalue weighted by Crippen LogP contribution is 2.20. The number of aliphatic imine (C=N–C) groups is 1. The minimum atomic E-state index is -0.825. The monoisotopic (exact) mass is 466 g/mol. The lowest BCUT2D eigenvalue weighted by atomic mass is 10.0. The van der Waals surface area contributed by atoms with Crippen LogP contribution in [0.5, 0.6) is 0 Å². The lowest BCUT2D eigenvalue weighted by Gasteiger charge is -2.16. The second-order valence-corrected chi connectivity index (χ2v) is 7.67. The van der Waals surface area contributed by atoms with Crippen LogP contribution in [0.25, 0.3) is 5.57 Å². The largest absolute Gasteiger partial charge is 0.404 e. The molecule has 170 valence electrons. The molecule has 1 amide bonds. The maximum atomic E-state index is 12.6. The molecule has 3 rings (SSSR count). The fourth-order valence-corrected chi connectivity index (χ4v) is 3.19. The molecular formula is C23H23ClN6O3. The number of anilines is 1. The number of carbonyl (C=O) groups is 1. The number of nitrogen functional groups attached to an aromatic ring is 1. The van der Waals surface area contributed by atoms with Crippen LogP contribution in [0, 0.1) is 0 Å². The van der Waals surface area contributed by atoms with Crippen molar-refractivity contribution in [2.24, 2.45) is 10.7 Å². The van der Waals surface area contributed by atoms with Gasteiger partial charge in [-0.25, -0.2) is 4.79 Å². The third-order valence-corrected chi connectivity index (χ3v) is 5.12. The molecule has 33 heavy (non-hydrogen) atoms. The van der Waals surface area contributed by atoms with Gasteiger partial charge in [-0.2, -0.15) is 0 Å². The van der Waals surface area contributed by atoms with E-state index in [4.69, 9.17) is 23.1 Å². The second kappa shape index (κ2) is 10.5. The summed E-state index contributed by atoms with van der Waals surface area (Å²) >= 11 is 5.90. The second-order valence-electron chi connectivity index (χ2n) is 7.24. The molecule has 0 spiro atoms. The number of nitrogens with two attached hydrogens (primary N) is 2. The van der Waals surface area contributed by atoms with Gasteiger partial charge in [0.2, 0.25) is 0 Å². The first-order chi connectivity index (χ1) is 15.8. The number of carbonyl (C=O) groups excluding carboxylic acids is 1. The number of aromatic nitrogens is 2. The van der Waals surface area contributed by atoms with E-state index in [1.165, 1.54) is 6.20 Å². The number of hydrogen-bond donors (Lipinski definition) is 5. The number of rotatable bonds is 7. The number of benzene rings is 2. The van der Waals surface area contributed by atoms with Gasteiger partial charge >= 0.3 is 5.69 Å². The van der Waals surface area contributed by atoms with Gasteiger partial charge in [-0.05, 0) is 41.8 Å². The van der Waals surface area contributed by atoms with Gasteiger partial charge in [0.15, 0.2) is 0 Å². The summed E-state index contributed by atoms with van der Waals surface area (Å²) < 4.78 is 0. The number of allylic oxidation sites excluding steroid dienone is 1. The SMILES string of the molecule is C[C@@H](NC(=O)c1[nH]c(=O)[nH]c(=O)c1N)c1cccc(C(C=NCc2ccc(Cl)cc2)=CN)c1. The lowest BCUT2D eigenvalue weighted by molar-refractivity contribution is 0.0935. The van der Waals surface area contributed by atoms with E-state index in [0.29, 0.717) is 17.1 Å². The van der Waals surface area contributed by atoms with E-state index in [1.807, 2.05) is 41.4 Å². The zero-order valence-electron chi connectivity index (χ0n) is 17.8. The van der Waals surface area contributed by atoms with Gasteiger partial charge in [-0.1, -0.05) is 41.9 Å². The summed E-state index contributed by atoms with van der Waals surface area (Å²) in [4.78, 5) is 44.3. The molecule has 1 atom stereocenters. The maximum absolute atomic E-state index is 12.6. The fraction of sp³-hybridized carbons (Fsp3) is 0.130. The van der Waals surface area contributed by atoms with Crippen molar-refractivity contribution in [1.29, 1.82) is 0 Å². The summed E-state index contributed by atoms with van der Waals surface area (Å²) in [6.07, 6.45) is 3.13. The van der Waals surface area contributed by atoms with Gasteiger partial charge in [-0.3, -0.25) is 19.6 Å². The maximum Gasteiger partial charge on any atom is 0.326 e. The molecule has 0 unspecified atom stereocenters. The topological polar surface area (TPSA) is 159 Å². The average molecular weight is 467 g/mol. The molecule has 0 aliphatic heterocycles. The van der Waals surface area contributed by atoms with Crippen LogP contribution in [0.15, 0.2) is 69.3 Å². The van der Waals surface area contributed by atoms with E-state index in [-0.39, 0.29) is 11.4 Å². The Kier molecular flexibility index (Phi) is 7.47. The van der Waals surface area contributed by atoms with Crippen LogP contribution >= 0.6 is 11.6 Å². The molecule has 0 saturated carbocycles. The van der Waals surface area contributed by atoms with Crippen molar-refractivity contribution in [1.82, 2.24) is 15.3 Å². The first-order valence-electron chi connectivity index (χ1n) is 9.98. The van der Waals surface area contributed by atoms with E-state index in [0.717, 1.165) is 16.7 Å². The zero-order chi connectivity index (χ0) is 24.0. The van der Waals surface area contributed by atoms with Crippen molar-refractivity contribution < 1.29 is 4.79 Å². The molecule has 10 heteroatoms. The summed E-state index contributed by atoms with van der Waals surface area (Å²) in [5, 5.41) is 3.39. The summed E-state index contributed by atoms with van der Waals surface area (Å²) in [5.41, 5.74) is 12.4. The van der Waals surface area contributed by atoms with Crippen LogP contribution in [0.3, 0.4) is 0 Å². The Hall–Kier alpha value is -4.11. The molecule has 0 aliphatic rings. The molecule has 1 heterocycles. The van der Waals surface area contributed by atoms with Crippen LogP contribution < -0.4 is 28.0 Å². The molecule has 9 nitrogen and oxygen atoms in total. The number of nitrogens with one attached hydrogen (secondary N) is 3. The average Bonchev–Trinajstić information content (AvgIpc) is 2.80. The third-order valence-electron chi connectivity index (χ3n) is 4.87. The molecule has 7 N–H and O–H groups in total. The van der Waals surface area contributed by atoms with Crippen LogP contribution in [0.1, 0.15) is 40.1 Å². The molecule has 0 bridgehead atoms. The normalized spacial score (nSPS) is 12.6. The minimum Gasteiger partial charge on any atom is -0.404 e. The van der Waals surface area contributed by atoms with Crippen LogP contribution in [-0.4, -0.2) is 22.1 Å². The number of H-pyrrole nitrogens is 2. The number of aromatic amines is 2. The summed E-state index contributed by atoms with van der Waals surface area (Å²) in [7, 11) is 0. The molecule has 0 fully saturated rings. The van der Waals surface area contributed by atoms with E-state index in [9.17, 15) is 14.4 Å². The van der Waals surface area contributed by atoms with Crippen molar-refractivity contribution >= 4 is 35.0 Å². The number of amides is 1. The predicted octanol–water partition coefficient (Wildman–Crippen LogP) is 2.36. The van der Waals surface area contributed by atoms with E-state index >= 15 is 0 Å². The molecule has 0 saturated heterocycles. The Balaban J connectivity index is 1.74. The van der Waals surface area contributed by atoms with Gasteiger partial charge in [0.25, 0.3) is 11.5 Å². The summed E-state index contributed by atoms with van der Waals surface area (Å²) in [6, 6.07) is 14.3. The molecule has 3 aromatic rings. The third kappa shape index (κ3) is 5.98. The van der Waals surface area contributed by atoms with Crippen molar-refractivity contribution in [3.63, 3.8) is 0 Å². The number of nitrogens with zero attached hydrogens (tertiary/aromatic N) is 1. The number of halogens is 1. The van der Waals surface area contributed by atoms with E-state index < -0.39 is 23.2 Å². The highest BCUT2D eigenvalue weighted by molar-refractivity contribution is 6.30. The fourth-order valence-electron chi connectivity index (χ4n) is 3.07. The Morgan fingerprint density at radius 1 is 1.18 bits per heavy atom. The van der Waals surface area contributed by atoms with E-state index in [1.54, 1.807) is 25.3 Å². The van der Waals surface area contributed by atoms with Gasteiger partial charge in [0, 0.05) is 23.0 Å². The van der Waals surface area contributed by atoms with Crippen molar-refractivity contribution in [2.45, 2.75) is 19.5 Å². The summed E-state index contributed by atoms with van der Waals surface area (Å²) in [6.45, 7) is 2.23. The molecule has 1 aromatic heterocycles. The van der Waals surface area contributed by atoms with Gasteiger partial charge in [0.1, 0.15) is 11.4 Å². The highest BCUT2D eigenvalue weighted by Gasteiger charge is 2.17. The Labute approximate surface area is 194 Å². The predicted molar refractivity (Wildman–Crippen MR) is 130 cm³/mol. The standard InChI is InChI=1S/C23H23ClN6O3/c1-13(28-22(32)20-19(26)21(31)30-23(33)29-20)15-3-2-4-16(9-15)17(10-25)12-27-11-14-5-7-18(24)8-6-14/h2-10,12-13H,11,25-26H2,1H3,(H,28,32)(H2,29,30,31,33)/t13-/m1/s1. The molecule has 2 aromatic carbocycles. The quantitative estimate of drug-likeness (QED) is 0.337. The smallest absolute Gasteiger partial charge is 0.326 e. The first kappa shape index (κ1) is 23.6. The molecule has 0 aliphatic carbocycles. The minimum absolute atomic E-state index is 0.288. The van der Waals surface area contributed by atoms with Crippen molar-refractivity contribution in [3.8, 4) is 0 Å². The number of hydrogen-bond acceptors (Lipinski definition) is 6. The van der Waals surface area contributed by atoms with Crippen molar-refractivity contribution in [2.75, 3.05) is 5.73 Å². The molecule has 0 radical (unpaired) electrons. The van der Waals surface area contributed by atoms with Crippen LogP contribution in [-0.2, 0) is 6.54 Å². The van der Waals surface area contributed by atoms with Crippen LogP contribution in [0.4, 0.5) is 5.69 Å².